The molecule has 0 fully saturated rings. The first-order chi connectivity index (χ1) is 6.08. The van der Waals surface area contributed by atoms with E-state index in [-0.39, 0.29) is 0 Å². The van der Waals surface area contributed by atoms with Crippen molar-refractivity contribution in [3.8, 4) is 0 Å². The molecule has 1 aromatic rings. The van der Waals surface area contributed by atoms with Crippen LogP contribution in [0.5, 0.6) is 0 Å². The van der Waals surface area contributed by atoms with Crippen molar-refractivity contribution in [3.63, 3.8) is 0 Å². The number of halogens is 2. The Bertz CT molecular complexity index is 302. The Hall–Kier alpha value is -0.470. The highest BCUT2D eigenvalue weighted by molar-refractivity contribution is 9.10. The van der Waals surface area contributed by atoms with Crippen LogP contribution in [-0.2, 0) is 0 Å². The summed E-state index contributed by atoms with van der Waals surface area (Å²) in [4.78, 5) is 0. The lowest BCUT2D eigenvalue weighted by Gasteiger charge is -2.06. The molecule has 0 spiro atoms. The maximum absolute atomic E-state index is 5.64. The second-order valence-electron chi connectivity index (χ2n) is 2.89. The van der Waals surface area contributed by atoms with Gasteiger partial charge in [0.25, 0.3) is 0 Å². The zero-order valence-electron chi connectivity index (χ0n) is 7.40. The van der Waals surface area contributed by atoms with Crippen molar-refractivity contribution < 1.29 is 0 Å². The van der Waals surface area contributed by atoms with Crippen molar-refractivity contribution in [1.82, 2.24) is 0 Å². The summed E-state index contributed by atoms with van der Waals surface area (Å²) >= 11 is 9.06. The highest BCUT2D eigenvalue weighted by Gasteiger charge is 1.95. The molecule has 0 amide bonds. The Morgan fingerprint density at radius 2 is 2.23 bits per heavy atom. The summed E-state index contributed by atoms with van der Waals surface area (Å²) in [6.45, 7) is 6.25. The maximum Gasteiger partial charge on any atom is 0.0501 e. The summed E-state index contributed by atoms with van der Waals surface area (Å²) in [6, 6.07) is 6.12. The monoisotopic (exact) mass is 259 g/mol. The van der Waals surface area contributed by atoms with Crippen molar-refractivity contribution in [3.05, 3.63) is 39.8 Å². The van der Waals surface area contributed by atoms with Gasteiger partial charge >= 0.3 is 0 Å². The number of nitrogens with one attached hydrogen (secondary N) is 1. The molecule has 0 saturated carbocycles. The fourth-order valence-electron chi connectivity index (χ4n) is 1.04. The average molecular weight is 261 g/mol. The molecule has 0 atom stereocenters. The predicted molar refractivity (Wildman–Crippen MR) is 62.4 cm³/mol. The van der Waals surface area contributed by atoms with Crippen molar-refractivity contribution in [2.24, 2.45) is 0 Å². The van der Waals surface area contributed by atoms with Crippen molar-refractivity contribution in [2.45, 2.75) is 6.92 Å². The normalized spacial score (nSPS) is 9.77. The van der Waals surface area contributed by atoms with E-state index in [9.17, 15) is 0 Å². The molecule has 0 saturated heterocycles. The molecule has 0 heterocycles. The lowest BCUT2D eigenvalue weighted by molar-refractivity contribution is 1.30. The highest BCUT2D eigenvalue weighted by atomic mass is 79.9. The number of rotatable bonds is 3. The van der Waals surface area contributed by atoms with Gasteiger partial charge in [-0.15, -0.1) is 0 Å². The molecule has 1 N–H and O–H groups in total. The molecule has 0 aliphatic rings. The van der Waals surface area contributed by atoms with Crippen LogP contribution in [0.3, 0.4) is 0 Å². The van der Waals surface area contributed by atoms with E-state index in [1.54, 1.807) is 0 Å². The van der Waals surface area contributed by atoms with E-state index >= 15 is 0 Å². The molecular weight excluding hydrogens is 249 g/mol. The summed E-state index contributed by atoms with van der Waals surface area (Å²) in [6.07, 6.45) is 0. The van der Waals surface area contributed by atoms with Gasteiger partial charge in [-0.25, -0.2) is 0 Å². The Morgan fingerprint density at radius 3 is 2.77 bits per heavy atom. The second kappa shape index (κ2) is 4.68. The van der Waals surface area contributed by atoms with E-state index in [2.05, 4.69) is 40.0 Å². The topological polar surface area (TPSA) is 12.0 Å². The standard InChI is InChI=1S/C10H11BrClN/c1-7-3-9(11)5-10(4-7)13-6-8(2)12/h3-5,13H,2,6H2,1H3. The fourth-order valence-corrected chi connectivity index (χ4v) is 1.71. The first-order valence-corrected chi connectivity index (χ1v) is 5.09. The third-order valence-corrected chi connectivity index (χ3v) is 2.12. The number of benzene rings is 1. The number of anilines is 1. The third kappa shape index (κ3) is 3.83. The average Bonchev–Trinajstić information content (AvgIpc) is 1.99. The molecule has 70 valence electrons. The van der Waals surface area contributed by atoms with Crippen LogP contribution in [0, 0.1) is 6.92 Å². The third-order valence-electron chi connectivity index (χ3n) is 1.53. The minimum absolute atomic E-state index is 0.595. The maximum atomic E-state index is 5.64. The van der Waals surface area contributed by atoms with Crippen molar-refractivity contribution in [1.29, 1.82) is 0 Å². The molecule has 0 aliphatic heterocycles. The van der Waals surface area contributed by atoms with Gasteiger partial charge in [0.05, 0.1) is 6.54 Å². The van der Waals surface area contributed by atoms with Gasteiger partial charge in [0, 0.05) is 15.2 Å². The highest BCUT2D eigenvalue weighted by Crippen LogP contribution is 2.19. The predicted octanol–water partition coefficient (Wildman–Crippen LogP) is 3.92. The Kier molecular flexibility index (Phi) is 3.82. The molecule has 0 aliphatic carbocycles. The van der Waals surface area contributed by atoms with Crippen molar-refractivity contribution in [2.75, 3.05) is 11.9 Å². The van der Waals surface area contributed by atoms with Gasteiger partial charge in [-0.05, 0) is 30.7 Å². The van der Waals surface area contributed by atoms with Gasteiger partial charge < -0.3 is 5.32 Å². The zero-order valence-corrected chi connectivity index (χ0v) is 9.74. The quantitative estimate of drug-likeness (QED) is 0.868. The first-order valence-electron chi connectivity index (χ1n) is 3.92. The molecule has 0 unspecified atom stereocenters. The zero-order chi connectivity index (χ0) is 9.84. The van der Waals surface area contributed by atoms with Crippen molar-refractivity contribution >= 4 is 33.2 Å². The van der Waals surface area contributed by atoms with E-state index in [1.165, 1.54) is 5.56 Å². The molecule has 13 heavy (non-hydrogen) atoms. The lowest BCUT2D eigenvalue weighted by atomic mass is 10.2. The van der Waals surface area contributed by atoms with Gasteiger partial charge in [0.15, 0.2) is 0 Å². The fraction of sp³-hybridized carbons (Fsp3) is 0.200. The van der Waals surface area contributed by atoms with Gasteiger partial charge in [-0.2, -0.15) is 0 Å². The van der Waals surface area contributed by atoms with Crippen LogP contribution in [0.2, 0.25) is 0 Å². The Balaban J connectivity index is 2.71. The Labute approximate surface area is 91.9 Å². The Morgan fingerprint density at radius 1 is 1.54 bits per heavy atom. The summed E-state index contributed by atoms with van der Waals surface area (Å²) in [5, 5.41) is 3.77. The van der Waals surface area contributed by atoms with Crippen LogP contribution >= 0.6 is 27.5 Å². The van der Waals surface area contributed by atoms with Gasteiger partial charge in [0.1, 0.15) is 0 Å². The first kappa shape index (κ1) is 10.6. The molecule has 1 rings (SSSR count). The largest absolute Gasteiger partial charge is 0.380 e. The van der Waals surface area contributed by atoms with E-state index in [0.29, 0.717) is 11.6 Å². The van der Waals surface area contributed by atoms with E-state index < -0.39 is 0 Å². The molecule has 0 radical (unpaired) electrons. The van der Waals surface area contributed by atoms with E-state index in [0.717, 1.165) is 10.2 Å². The number of hydrogen-bond donors (Lipinski definition) is 1. The molecule has 0 bridgehead atoms. The molecular formula is C10H11BrClN. The van der Waals surface area contributed by atoms with Gasteiger partial charge in [-0.1, -0.05) is 34.1 Å². The van der Waals surface area contributed by atoms with Crippen LogP contribution in [-0.4, -0.2) is 6.54 Å². The van der Waals surface area contributed by atoms with E-state index in [1.807, 2.05) is 13.0 Å². The number of aryl methyl sites for hydroxylation is 1. The van der Waals surface area contributed by atoms with Gasteiger partial charge in [-0.3, -0.25) is 0 Å². The van der Waals surface area contributed by atoms with Gasteiger partial charge in [0.2, 0.25) is 0 Å². The minimum Gasteiger partial charge on any atom is -0.380 e. The van der Waals surface area contributed by atoms with Crippen LogP contribution in [0.25, 0.3) is 0 Å². The minimum atomic E-state index is 0.595. The SMILES string of the molecule is C=C(Cl)CNc1cc(C)cc(Br)c1. The summed E-state index contributed by atoms with van der Waals surface area (Å²) in [5.74, 6) is 0. The molecule has 1 aromatic carbocycles. The summed E-state index contributed by atoms with van der Waals surface area (Å²) in [7, 11) is 0. The lowest BCUT2D eigenvalue weighted by Crippen LogP contribution is -2.00. The molecule has 1 nitrogen and oxygen atoms in total. The summed E-state index contributed by atoms with van der Waals surface area (Å²) in [5.41, 5.74) is 2.26. The molecule has 0 aromatic heterocycles. The second-order valence-corrected chi connectivity index (χ2v) is 4.34. The number of hydrogen-bond acceptors (Lipinski definition) is 1. The van der Waals surface area contributed by atoms with Crippen LogP contribution in [0.4, 0.5) is 5.69 Å². The summed E-state index contributed by atoms with van der Waals surface area (Å²) < 4.78 is 1.06. The molecule has 3 heteroatoms. The van der Waals surface area contributed by atoms with E-state index in [4.69, 9.17) is 11.6 Å². The smallest absolute Gasteiger partial charge is 0.0501 e. The van der Waals surface area contributed by atoms with Crippen LogP contribution < -0.4 is 5.32 Å². The van der Waals surface area contributed by atoms with Crippen LogP contribution in [0.15, 0.2) is 34.3 Å². The van der Waals surface area contributed by atoms with Crippen LogP contribution in [0.1, 0.15) is 5.56 Å².